The van der Waals surface area contributed by atoms with Crippen molar-refractivity contribution < 1.29 is 9.18 Å². The molecule has 1 amide bonds. The molecule has 1 N–H and O–H groups in total. The summed E-state index contributed by atoms with van der Waals surface area (Å²) in [6, 6.07) is 1.24. The van der Waals surface area contributed by atoms with Crippen molar-refractivity contribution in [2.24, 2.45) is 0 Å². The number of rotatable bonds is 3. The van der Waals surface area contributed by atoms with Crippen molar-refractivity contribution in [1.82, 2.24) is 24.6 Å². The van der Waals surface area contributed by atoms with Gasteiger partial charge in [-0.3, -0.25) is 4.79 Å². The number of carbonyl (C=O) groups is 1. The number of aromatic nitrogens is 4. The number of nitrogens with zero attached hydrogens (tertiary/aromatic N) is 4. The van der Waals surface area contributed by atoms with Crippen molar-refractivity contribution in [2.45, 2.75) is 32.2 Å². The number of amides is 1. The molecule has 0 aliphatic carbocycles. The van der Waals surface area contributed by atoms with Crippen LogP contribution in [0.5, 0.6) is 0 Å². The second-order valence-corrected chi connectivity index (χ2v) is 5.27. The number of aryl methyl sites for hydroxylation is 1. The van der Waals surface area contributed by atoms with E-state index in [0.717, 1.165) is 25.2 Å². The lowest BCUT2D eigenvalue weighted by Gasteiger charge is -2.31. The summed E-state index contributed by atoms with van der Waals surface area (Å²) in [5, 5.41) is 8.15. The topological polar surface area (TPSA) is 66.8 Å². The fourth-order valence-electron chi connectivity index (χ4n) is 2.83. The van der Waals surface area contributed by atoms with Gasteiger partial charge in [0.25, 0.3) is 5.91 Å². The van der Waals surface area contributed by atoms with Gasteiger partial charge in [0, 0.05) is 37.8 Å². The maximum atomic E-state index is 13.0. The van der Waals surface area contributed by atoms with Crippen LogP contribution in [0.3, 0.4) is 0 Å². The largest absolute Gasteiger partial charge is 0.355 e. The van der Waals surface area contributed by atoms with Gasteiger partial charge in [-0.05, 0) is 19.8 Å². The highest BCUT2D eigenvalue weighted by molar-refractivity contribution is 5.92. The average Bonchev–Trinajstić information content (AvgIpc) is 3.15. The van der Waals surface area contributed by atoms with E-state index in [1.54, 1.807) is 11.2 Å². The third-order valence-corrected chi connectivity index (χ3v) is 4.01. The average molecular weight is 291 g/mol. The molecule has 3 rings (SSSR count). The molecule has 0 saturated carbocycles. The summed E-state index contributed by atoms with van der Waals surface area (Å²) in [6.45, 7) is 4.22. The molecule has 1 aliphatic heterocycles. The van der Waals surface area contributed by atoms with Gasteiger partial charge in [-0.2, -0.15) is 0 Å². The van der Waals surface area contributed by atoms with Gasteiger partial charge >= 0.3 is 0 Å². The fourth-order valence-corrected chi connectivity index (χ4v) is 2.83. The Morgan fingerprint density at radius 1 is 1.48 bits per heavy atom. The standard InChI is InChI=1S/C14H18FN5O/c1-2-19-9-17-18-13(19)10-3-5-20(6-4-10)14(21)12-7-11(15)8-16-12/h7-10,16H,2-6H2,1H3. The summed E-state index contributed by atoms with van der Waals surface area (Å²) in [5.74, 6) is 0.769. The zero-order chi connectivity index (χ0) is 14.8. The summed E-state index contributed by atoms with van der Waals surface area (Å²) < 4.78 is 15.0. The minimum Gasteiger partial charge on any atom is -0.355 e. The predicted molar refractivity (Wildman–Crippen MR) is 74.3 cm³/mol. The second kappa shape index (κ2) is 5.67. The van der Waals surface area contributed by atoms with Crippen LogP contribution in [0.1, 0.15) is 42.0 Å². The van der Waals surface area contributed by atoms with Crippen molar-refractivity contribution in [3.63, 3.8) is 0 Å². The Kier molecular flexibility index (Phi) is 3.72. The van der Waals surface area contributed by atoms with Gasteiger partial charge in [-0.1, -0.05) is 0 Å². The molecule has 0 aromatic carbocycles. The highest BCUT2D eigenvalue weighted by Gasteiger charge is 2.27. The Morgan fingerprint density at radius 2 is 2.24 bits per heavy atom. The van der Waals surface area contributed by atoms with Crippen molar-refractivity contribution in [2.75, 3.05) is 13.1 Å². The first kappa shape index (κ1) is 13.8. The first-order valence-corrected chi connectivity index (χ1v) is 7.20. The van der Waals surface area contributed by atoms with Gasteiger partial charge in [0.2, 0.25) is 0 Å². The van der Waals surface area contributed by atoms with E-state index in [1.165, 1.54) is 12.3 Å². The zero-order valence-electron chi connectivity index (χ0n) is 11.9. The summed E-state index contributed by atoms with van der Waals surface area (Å²) in [4.78, 5) is 16.6. The Bertz CT molecular complexity index is 627. The minimum atomic E-state index is -0.413. The quantitative estimate of drug-likeness (QED) is 0.937. The highest BCUT2D eigenvalue weighted by Crippen LogP contribution is 2.27. The lowest BCUT2D eigenvalue weighted by Crippen LogP contribution is -2.38. The van der Waals surface area contributed by atoms with Gasteiger partial charge in [-0.15, -0.1) is 10.2 Å². The van der Waals surface area contributed by atoms with E-state index in [0.29, 0.717) is 24.7 Å². The molecule has 2 aromatic heterocycles. The van der Waals surface area contributed by atoms with E-state index in [-0.39, 0.29) is 5.91 Å². The first-order chi connectivity index (χ1) is 10.2. The molecule has 3 heterocycles. The molecule has 0 radical (unpaired) electrons. The maximum absolute atomic E-state index is 13.0. The minimum absolute atomic E-state index is 0.144. The lowest BCUT2D eigenvalue weighted by atomic mass is 9.95. The molecule has 0 bridgehead atoms. The number of hydrogen-bond acceptors (Lipinski definition) is 3. The summed E-state index contributed by atoms with van der Waals surface area (Å²) in [5.41, 5.74) is 0.308. The molecule has 6 nitrogen and oxygen atoms in total. The molecular weight excluding hydrogens is 273 g/mol. The van der Waals surface area contributed by atoms with Gasteiger partial charge < -0.3 is 14.5 Å². The second-order valence-electron chi connectivity index (χ2n) is 5.27. The van der Waals surface area contributed by atoms with Crippen molar-refractivity contribution in [1.29, 1.82) is 0 Å². The van der Waals surface area contributed by atoms with Crippen LogP contribution in [-0.4, -0.2) is 43.6 Å². The zero-order valence-corrected chi connectivity index (χ0v) is 11.9. The summed E-state index contributed by atoms with van der Waals surface area (Å²) >= 11 is 0. The van der Waals surface area contributed by atoms with Gasteiger partial charge in [0.15, 0.2) is 0 Å². The van der Waals surface area contributed by atoms with Crippen LogP contribution in [0.25, 0.3) is 0 Å². The lowest BCUT2D eigenvalue weighted by molar-refractivity contribution is 0.0705. The molecule has 0 atom stereocenters. The summed E-state index contributed by atoms with van der Waals surface area (Å²) in [7, 11) is 0. The Hall–Kier alpha value is -2.18. The van der Waals surface area contributed by atoms with E-state index in [1.807, 2.05) is 4.57 Å². The molecule has 0 unspecified atom stereocenters. The Balaban J connectivity index is 1.64. The third kappa shape index (κ3) is 2.68. The molecule has 1 saturated heterocycles. The van der Waals surface area contributed by atoms with E-state index >= 15 is 0 Å². The monoisotopic (exact) mass is 291 g/mol. The molecule has 1 aliphatic rings. The molecule has 7 heteroatoms. The van der Waals surface area contributed by atoms with Crippen molar-refractivity contribution in [3.05, 3.63) is 35.9 Å². The molecule has 2 aromatic rings. The SMILES string of the molecule is CCn1cnnc1C1CCN(C(=O)c2cc(F)c[nH]2)CC1. The maximum Gasteiger partial charge on any atom is 0.270 e. The van der Waals surface area contributed by atoms with E-state index in [4.69, 9.17) is 0 Å². The van der Waals surface area contributed by atoms with E-state index in [2.05, 4.69) is 22.1 Å². The first-order valence-electron chi connectivity index (χ1n) is 7.20. The van der Waals surface area contributed by atoms with Crippen molar-refractivity contribution >= 4 is 5.91 Å². The molecule has 21 heavy (non-hydrogen) atoms. The van der Waals surface area contributed by atoms with E-state index < -0.39 is 5.82 Å². The number of likely N-dealkylation sites (tertiary alicyclic amines) is 1. The van der Waals surface area contributed by atoms with Crippen LogP contribution < -0.4 is 0 Å². The molecule has 0 spiro atoms. The number of nitrogens with one attached hydrogen (secondary N) is 1. The number of piperidine rings is 1. The van der Waals surface area contributed by atoms with Crippen molar-refractivity contribution in [3.8, 4) is 0 Å². The van der Waals surface area contributed by atoms with Crippen LogP contribution in [0.2, 0.25) is 0 Å². The normalized spacial score (nSPS) is 16.4. The van der Waals surface area contributed by atoms with Crippen LogP contribution in [0.15, 0.2) is 18.6 Å². The van der Waals surface area contributed by atoms with Gasteiger partial charge in [0.05, 0.1) is 0 Å². The Labute approximate surface area is 122 Å². The fraction of sp³-hybridized carbons (Fsp3) is 0.500. The Morgan fingerprint density at radius 3 is 2.86 bits per heavy atom. The third-order valence-electron chi connectivity index (χ3n) is 4.01. The highest BCUT2D eigenvalue weighted by atomic mass is 19.1. The predicted octanol–water partition coefficient (Wildman–Crippen LogP) is 1.79. The number of hydrogen-bond donors (Lipinski definition) is 1. The number of H-pyrrole nitrogens is 1. The molecule has 112 valence electrons. The van der Waals surface area contributed by atoms with Crippen LogP contribution in [0.4, 0.5) is 4.39 Å². The molecule has 1 fully saturated rings. The number of carbonyl (C=O) groups excluding carboxylic acids is 1. The smallest absolute Gasteiger partial charge is 0.270 e. The van der Waals surface area contributed by atoms with Crippen LogP contribution in [0, 0.1) is 5.82 Å². The summed E-state index contributed by atoms with van der Waals surface area (Å²) in [6.07, 6.45) is 4.65. The van der Waals surface area contributed by atoms with Crippen LogP contribution in [-0.2, 0) is 6.54 Å². The number of halogens is 1. The molecular formula is C14H18FN5O. The van der Waals surface area contributed by atoms with Crippen LogP contribution >= 0.6 is 0 Å². The van der Waals surface area contributed by atoms with Gasteiger partial charge in [-0.25, -0.2) is 4.39 Å². The number of aromatic amines is 1. The van der Waals surface area contributed by atoms with E-state index in [9.17, 15) is 9.18 Å². The van der Waals surface area contributed by atoms with Gasteiger partial charge in [0.1, 0.15) is 23.7 Å².